The highest BCUT2D eigenvalue weighted by Crippen LogP contribution is 2.31. The molecule has 90 valence electrons. The molecule has 0 bridgehead atoms. The number of aromatic amines is 1. The van der Waals surface area contributed by atoms with Crippen LogP contribution < -0.4 is 5.73 Å². The number of anilines is 1. The van der Waals surface area contributed by atoms with Gasteiger partial charge in [0.2, 0.25) is 0 Å². The molecule has 0 saturated heterocycles. The van der Waals surface area contributed by atoms with Gasteiger partial charge in [-0.25, -0.2) is 9.97 Å². The Morgan fingerprint density at radius 2 is 1.89 bits per heavy atom. The zero-order chi connectivity index (χ0) is 12.7. The number of para-hydroxylation sites is 1. The molecule has 0 fully saturated rings. The van der Waals surface area contributed by atoms with Gasteiger partial charge in [0.05, 0.1) is 17.1 Å². The maximum Gasteiger partial charge on any atom is 0.126 e. The zero-order valence-electron chi connectivity index (χ0n) is 10.4. The maximum atomic E-state index is 6.09. The van der Waals surface area contributed by atoms with Crippen LogP contribution in [0.4, 0.5) is 5.69 Å². The molecule has 18 heavy (non-hydrogen) atoms. The maximum absolute atomic E-state index is 6.09. The summed E-state index contributed by atoms with van der Waals surface area (Å²) in [5.41, 5.74) is 10.5. The van der Waals surface area contributed by atoms with Crippen LogP contribution in [-0.2, 0) is 0 Å². The molecule has 2 aromatic heterocycles. The third-order valence-electron chi connectivity index (χ3n) is 3.09. The van der Waals surface area contributed by atoms with E-state index in [9.17, 15) is 0 Å². The van der Waals surface area contributed by atoms with E-state index >= 15 is 0 Å². The monoisotopic (exact) mass is 238 g/mol. The van der Waals surface area contributed by atoms with Gasteiger partial charge in [0.15, 0.2) is 0 Å². The van der Waals surface area contributed by atoms with E-state index in [1.54, 1.807) is 0 Å². The molecule has 1 aromatic carbocycles. The topological polar surface area (TPSA) is 67.6 Å². The Morgan fingerprint density at radius 3 is 2.72 bits per heavy atom. The van der Waals surface area contributed by atoms with E-state index in [1.165, 1.54) is 0 Å². The number of rotatable bonds is 1. The summed E-state index contributed by atoms with van der Waals surface area (Å²) in [6, 6.07) is 8.11. The number of benzene rings is 1. The Balaban J connectivity index is 2.33. The van der Waals surface area contributed by atoms with Gasteiger partial charge in [-0.2, -0.15) is 0 Å². The van der Waals surface area contributed by atoms with Crippen LogP contribution in [0.5, 0.6) is 0 Å². The van der Waals surface area contributed by atoms with Crippen LogP contribution in [0, 0.1) is 13.8 Å². The molecule has 0 aliphatic heterocycles. The zero-order valence-corrected chi connectivity index (χ0v) is 10.4. The lowest BCUT2D eigenvalue weighted by Gasteiger charge is -2.07. The van der Waals surface area contributed by atoms with Gasteiger partial charge in [0.25, 0.3) is 0 Å². The first-order valence-corrected chi connectivity index (χ1v) is 5.84. The van der Waals surface area contributed by atoms with Crippen molar-refractivity contribution in [3.8, 4) is 11.3 Å². The summed E-state index contributed by atoms with van der Waals surface area (Å²) in [6.07, 6.45) is 1.95. The molecule has 4 nitrogen and oxygen atoms in total. The van der Waals surface area contributed by atoms with Crippen molar-refractivity contribution < 1.29 is 0 Å². The van der Waals surface area contributed by atoms with Gasteiger partial charge in [-0.15, -0.1) is 0 Å². The summed E-state index contributed by atoms with van der Waals surface area (Å²) in [7, 11) is 0. The lowest BCUT2D eigenvalue weighted by molar-refractivity contribution is 1.02. The highest BCUT2D eigenvalue weighted by molar-refractivity contribution is 5.97. The molecule has 0 radical (unpaired) electrons. The first-order chi connectivity index (χ1) is 8.66. The van der Waals surface area contributed by atoms with Crippen LogP contribution >= 0.6 is 0 Å². The van der Waals surface area contributed by atoms with Crippen LogP contribution in [0.25, 0.3) is 22.2 Å². The molecule has 3 aromatic rings. The molecule has 3 rings (SSSR count). The Hall–Kier alpha value is -2.36. The predicted octanol–water partition coefficient (Wildman–Crippen LogP) is 2.82. The fraction of sp³-hybridized carbons (Fsp3) is 0.143. The Labute approximate surface area is 105 Å². The lowest BCUT2D eigenvalue weighted by atomic mass is 10.1. The van der Waals surface area contributed by atoms with Crippen molar-refractivity contribution in [2.75, 3.05) is 5.73 Å². The molecule has 0 spiro atoms. The number of nitrogen functional groups attached to an aromatic ring is 1. The van der Waals surface area contributed by atoms with Crippen molar-refractivity contribution in [3.63, 3.8) is 0 Å². The van der Waals surface area contributed by atoms with Crippen LogP contribution in [0.3, 0.4) is 0 Å². The van der Waals surface area contributed by atoms with E-state index in [0.29, 0.717) is 5.69 Å². The molecular weight excluding hydrogens is 224 g/mol. The largest absolute Gasteiger partial charge is 0.395 e. The second-order valence-electron chi connectivity index (χ2n) is 4.37. The predicted molar refractivity (Wildman–Crippen MR) is 73.2 cm³/mol. The molecule has 3 N–H and O–H groups in total. The van der Waals surface area contributed by atoms with Gasteiger partial charge >= 0.3 is 0 Å². The molecule has 0 aliphatic rings. The summed E-state index contributed by atoms with van der Waals surface area (Å²) >= 11 is 0. The van der Waals surface area contributed by atoms with E-state index in [1.807, 2.05) is 38.2 Å². The van der Waals surface area contributed by atoms with Crippen LogP contribution in [0.15, 0.2) is 30.5 Å². The molecule has 0 atom stereocenters. The number of nitrogens with zero attached hydrogens (tertiary/aromatic N) is 2. The fourth-order valence-corrected chi connectivity index (χ4v) is 2.19. The van der Waals surface area contributed by atoms with Crippen molar-refractivity contribution in [2.45, 2.75) is 13.8 Å². The van der Waals surface area contributed by atoms with E-state index in [4.69, 9.17) is 5.73 Å². The van der Waals surface area contributed by atoms with Crippen LogP contribution in [-0.4, -0.2) is 15.0 Å². The third-order valence-corrected chi connectivity index (χ3v) is 3.09. The normalized spacial score (nSPS) is 11.0. The van der Waals surface area contributed by atoms with Crippen molar-refractivity contribution in [1.82, 2.24) is 15.0 Å². The molecule has 0 amide bonds. The summed E-state index contributed by atoms with van der Waals surface area (Å²) in [6.45, 7) is 3.78. The number of hydrogen-bond donors (Lipinski definition) is 2. The first-order valence-electron chi connectivity index (χ1n) is 5.84. The SMILES string of the molecule is Cc1nc(C)c(N)c(-c2c[nH]c3ccccc23)n1. The third kappa shape index (κ3) is 1.54. The van der Waals surface area contributed by atoms with E-state index in [0.717, 1.165) is 33.7 Å². The average Bonchev–Trinajstić information content (AvgIpc) is 2.77. The highest BCUT2D eigenvalue weighted by atomic mass is 14.9. The Morgan fingerprint density at radius 1 is 1.11 bits per heavy atom. The Kier molecular flexibility index (Phi) is 2.30. The van der Waals surface area contributed by atoms with Crippen molar-refractivity contribution in [2.24, 2.45) is 0 Å². The number of nitrogens with two attached hydrogens (primary N) is 1. The molecule has 2 heterocycles. The van der Waals surface area contributed by atoms with Crippen molar-refractivity contribution in [3.05, 3.63) is 42.0 Å². The second-order valence-corrected chi connectivity index (χ2v) is 4.37. The smallest absolute Gasteiger partial charge is 0.126 e. The van der Waals surface area contributed by atoms with Crippen molar-refractivity contribution in [1.29, 1.82) is 0 Å². The van der Waals surface area contributed by atoms with Gasteiger partial charge in [-0.05, 0) is 19.9 Å². The minimum atomic E-state index is 0.644. The minimum absolute atomic E-state index is 0.644. The quantitative estimate of drug-likeness (QED) is 0.685. The number of hydrogen-bond acceptors (Lipinski definition) is 3. The van der Waals surface area contributed by atoms with E-state index in [2.05, 4.69) is 21.0 Å². The average molecular weight is 238 g/mol. The minimum Gasteiger partial charge on any atom is -0.395 e. The van der Waals surface area contributed by atoms with Crippen LogP contribution in [0.1, 0.15) is 11.5 Å². The summed E-state index contributed by atoms with van der Waals surface area (Å²) < 4.78 is 0. The molecular formula is C14H14N4. The van der Waals surface area contributed by atoms with Gasteiger partial charge in [-0.3, -0.25) is 0 Å². The number of nitrogens with one attached hydrogen (secondary N) is 1. The summed E-state index contributed by atoms with van der Waals surface area (Å²) in [5.74, 6) is 0.738. The van der Waals surface area contributed by atoms with E-state index in [-0.39, 0.29) is 0 Å². The fourth-order valence-electron chi connectivity index (χ4n) is 2.19. The standard InChI is InChI=1S/C14H14N4/c1-8-13(15)14(18-9(2)17-8)11-7-16-12-6-4-3-5-10(11)12/h3-7,16H,15H2,1-2H3. The van der Waals surface area contributed by atoms with Gasteiger partial charge < -0.3 is 10.7 Å². The summed E-state index contributed by atoms with van der Waals surface area (Å²) in [4.78, 5) is 12.0. The van der Waals surface area contributed by atoms with E-state index < -0.39 is 0 Å². The summed E-state index contributed by atoms with van der Waals surface area (Å²) in [5, 5.41) is 1.13. The lowest BCUT2D eigenvalue weighted by Crippen LogP contribution is -2.01. The highest BCUT2D eigenvalue weighted by Gasteiger charge is 2.13. The molecule has 0 unspecified atom stereocenters. The second kappa shape index (κ2) is 3.84. The molecule has 4 heteroatoms. The van der Waals surface area contributed by atoms with Crippen molar-refractivity contribution >= 4 is 16.6 Å². The number of H-pyrrole nitrogens is 1. The van der Waals surface area contributed by atoms with Gasteiger partial charge in [0, 0.05) is 22.7 Å². The number of aryl methyl sites for hydroxylation is 2. The van der Waals surface area contributed by atoms with Crippen LogP contribution in [0.2, 0.25) is 0 Å². The first kappa shape index (κ1) is 10.8. The number of aromatic nitrogens is 3. The van der Waals surface area contributed by atoms with Gasteiger partial charge in [-0.1, -0.05) is 18.2 Å². The molecule has 0 aliphatic carbocycles. The molecule has 0 saturated carbocycles. The Bertz CT molecular complexity index is 728. The van der Waals surface area contributed by atoms with Gasteiger partial charge in [0.1, 0.15) is 5.82 Å². The number of fused-ring (bicyclic) bond motifs is 1.